The number of aromatic nitrogens is 2. The second-order valence-corrected chi connectivity index (χ2v) is 6.83. The van der Waals surface area contributed by atoms with E-state index in [2.05, 4.69) is 40.2 Å². The van der Waals surface area contributed by atoms with Crippen molar-refractivity contribution in [1.29, 1.82) is 5.26 Å². The Morgan fingerprint density at radius 3 is 2.31 bits per heavy atom. The van der Waals surface area contributed by atoms with E-state index in [4.69, 9.17) is 9.78 Å². The Morgan fingerprint density at radius 2 is 1.65 bits per heavy atom. The van der Waals surface area contributed by atoms with E-state index in [-0.39, 0.29) is 0 Å². The fourth-order valence-electron chi connectivity index (χ4n) is 3.23. The summed E-state index contributed by atoms with van der Waals surface area (Å²) >= 11 is 0. The molecule has 1 fully saturated rings. The van der Waals surface area contributed by atoms with Gasteiger partial charge in [0.2, 0.25) is 5.82 Å². The van der Waals surface area contributed by atoms with Gasteiger partial charge in [-0.1, -0.05) is 12.1 Å². The van der Waals surface area contributed by atoms with Crippen LogP contribution < -0.4 is 4.90 Å². The normalized spacial score (nSPS) is 15.0. The van der Waals surface area contributed by atoms with Crippen LogP contribution in [0.4, 0.5) is 5.69 Å². The molecule has 1 saturated heterocycles. The summed E-state index contributed by atoms with van der Waals surface area (Å²) in [7, 11) is 0. The smallest absolute Gasteiger partial charge is 0.258 e. The summed E-state index contributed by atoms with van der Waals surface area (Å²) in [5.41, 5.74) is 3.59. The van der Waals surface area contributed by atoms with E-state index in [9.17, 15) is 0 Å². The molecule has 0 aliphatic carbocycles. The van der Waals surface area contributed by atoms with Crippen LogP contribution >= 0.6 is 0 Å². The average Bonchev–Trinajstić information content (AvgIpc) is 3.19. The van der Waals surface area contributed by atoms with Crippen LogP contribution in [0.15, 0.2) is 53.1 Å². The highest BCUT2D eigenvalue weighted by Gasteiger charge is 2.16. The lowest BCUT2D eigenvalue weighted by Gasteiger charge is -2.32. The van der Waals surface area contributed by atoms with Crippen LogP contribution in [0.25, 0.3) is 22.8 Å². The summed E-state index contributed by atoms with van der Waals surface area (Å²) in [6, 6.07) is 17.6. The van der Waals surface area contributed by atoms with Gasteiger partial charge in [0.15, 0.2) is 0 Å². The predicted octanol–water partition coefficient (Wildman–Crippen LogP) is 4.51. The predicted molar refractivity (Wildman–Crippen MR) is 100 cm³/mol. The van der Waals surface area contributed by atoms with Crippen LogP contribution in [-0.4, -0.2) is 23.2 Å². The first kappa shape index (κ1) is 16.3. The van der Waals surface area contributed by atoms with Gasteiger partial charge in [-0.05, 0) is 67.3 Å². The van der Waals surface area contributed by atoms with Crippen LogP contribution in [0.3, 0.4) is 0 Å². The second-order valence-electron chi connectivity index (χ2n) is 6.83. The van der Waals surface area contributed by atoms with Crippen LogP contribution in [0.2, 0.25) is 0 Å². The Bertz CT molecular complexity index is 914. The molecule has 5 heteroatoms. The van der Waals surface area contributed by atoms with E-state index in [1.807, 2.05) is 24.3 Å². The first-order valence-corrected chi connectivity index (χ1v) is 8.92. The minimum absolute atomic E-state index is 0.457. The monoisotopic (exact) mass is 344 g/mol. The lowest BCUT2D eigenvalue weighted by atomic mass is 9.98. The van der Waals surface area contributed by atoms with E-state index in [0.29, 0.717) is 17.3 Å². The summed E-state index contributed by atoms with van der Waals surface area (Å²) in [6.07, 6.45) is 2.50. The van der Waals surface area contributed by atoms with Gasteiger partial charge < -0.3 is 9.42 Å². The van der Waals surface area contributed by atoms with E-state index in [0.717, 1.165) is 30.1 Å². The molecule has 1 aliphatic rings. The molecular formula is C21H20N4O. The van der Waals surface area contributed by atoms with Gasteiger partial charge in [0.1, 0.15) is 0 Å². The highest BCUT2D eigenvalue weighted by atomic mass is 16.5. The topological polar surface area (TPSA) is 66.0 Å². The molecule has 0 N–H and O–H groups in total. The zero-order valence-electron chi connectivity index (χ0n) is 14.7. The van der Waals surface area contributed by atoms with E-state index < -0.39 is 0 Å². The molecule has 26 heavy (non-hydrogen) atoms. The summed E-state index contributed by atoms with van der Waals surface area (Å²) < 4.78 is 5.38. The van der Waals surface area contributed by atoms with Crippen molar-refractivity contribution in [2.75, 3.05) is 18.0 Å². The summed E-state index contributed by atoms with van der Waals surface area (Å²) in [4.78, 5) is 6.92. The van der Waals surface area contributed by atoms with Gasteiger partial charge in [-0.25, -0.2) is 0 Å². The van der Waals surface area contributed by atoms with Gasteiger partial charge in [-0.3, -0.25) is 0 Å². The lowest BCUT2D eigenvalue weighted by molar-refractivity contribution is 0.432. The van der Waals surface area contributed by atoms with Crippen molar-refractivity contribution in [2.45, 2.75) is 19.8 Å². The molecule has 0 bridgehead atoms. The van der Waals surface area contributed by atoms with Crippen molar-refractivity contribution < 1.29 is 4.52 Å². The van der Waals surface area contributed by atoms with Crippen molar-refractivity contribution in [1.82, 2.24) is 10.1 Å². The molecule has 2 aromatic carbocycles. The zero-order valence-corrected chi connectivity index (χ0v) is 14.7. The number of benzene rings is 2. The van der Waals surface area contributed by atoms with Crippen LogP contribution in [0, 0.1) is 17.2 Å². The van der Waals surface area contributed by atoms with Gasteiger partial charge >= 0.3 is 0 Å². The summed E-state index contributed by atoms with van der Waals surface area (Å²) in [5, 5.41) is 13.0. The molecule has 2 heterocycles. The Kier molecular flexibility index (Phi) is 4.40. The SMILES string of the molecule is CC1CCN(c2ccc(-c3noc(-c4ccc(C#N)cc4)n3)cc2)CC1. The number of anilines is 1. The summed E-state index contributed by atoms with van der Waals surface area (Å²) in [5.74, 6) is 1.85. The fourth-order valence-corrected chi connectivity index (χ4v) is 3.23. The Hall–Kier alpha value is -3.13. The van der Waals surface area contributed by atoms with E-state index >= 15 is 0 Å². The third kappa shape index (κ3) is 3.31. The molecule has 1 aromatic heterocycles. The maximum Gasteiger partial charge on any atom is 0.258 e. The maximum absolute atomic E-state index is 8.88. The number of nitrogens with zero attached hydrogens (tertiary/aromatic N) is 4. The van der Waals surface area contributed by atoms with E-state index in [1.54, 1.807) is 12.1 Å². The molecule has 0 unspecified atom stereocenters. The average molecular weight is 344 g/mol. The molecule has 0 radical (unpaired) electrons. The highest BCUT2D eigenvalue weighted by molar-refractivity contribution is 5.63. The molecule has 5 nitrogen and oxygen atoms in total. The molecule has 1 aliphatic heterocycles. The first-order chi connectivity index (χ1) is 12.7. The van der Waals surface area contributed by atoms with Crippen molar-refractivity contribution >= 4 is 5.69 Å². The van der Waals surface area contributed by atoms with E-state index in [1.165, 1.54) is 18.5 Å². The van der Waals surface area contributed by atoms with Gasteiger partial charge in [0.25, 0.3) is 5.89 Å². The van der Waals surface area contributed by atoms with Crippen molar-refractivity contribution in [3.05, 3.63) is 54.1 Å². The van der Waals surface area contributed by atoms with Crippen LogP contribution in [0.5, 0.6) is 0 Å². The summed E-state index contributed by atoms with van der Waals surface area (Å²) in [6.45, 7) is 4.55. The molecule has 130 valence electrons. The van der Waals surface area contributed by atoms with Gasteiger partial charge in [-0.15, -0.1) is 0 Å². The Morgan fingerprint density at radius 1 is 1.00 bits per heavy atom. The van der Waals surface area contributed by atoms with Gasteiger partial charge in [0, 0.05) is 29.9 Å². The lowest BCUT2D eigenvalue weighted by Crippen LogP contribution is -2.32. The molecular weight excluding hydrogens is 324 g/mol. The second kappa shape index (κ2) is 7.01. The van der Waals surface area contributed by atoms with Gasteiger partial charge in [0.05, 0.1) is 11.6 Å². The van der Waals surface area contributed by atoms with Crippen molar-refractivity contribution in [3.63, 3.8) is 0 Å². The third-order valence-electron chi connectivity index (χ3n) is 4.96. The molecule has 0 atom stereocenters. The third-order valence-corrected chi connectivity index (χ3v) is 4.96. The minimum Gasteiger partial charge on any atom is -0.372 e. The minimum atomic E-state index is 0.457. The molecule has 0 amide bonds. The Balaban J connectivity index is 1.51. The first-order valence-electron chi connectivity index (χ1n) is 8.92. The highest BCUT2D eigenvalue weighted by Crippen LogP contribution is 2.27. The number of piperidine rings is 1. The quantitative estimate of drug-likeness (QED) is 0.699. The van der Waals surface area contributed by atoms with Crippen LogP contribution in [0.1, 0.15) is 25.3 Å². The number of hydrogen-bond acceptors (Lipinski definition) is 5. The number of nitriles is 1. The molecule has 4 rings (SSSR count). The fraction of sp³-hybridized carbons (Fsp3) is 0.286. The standard InChI is InChI=1S/C21H20N4O/c1-15-10-12-25(13-11-15)19-8-6-17(7-9-19)20-23-21(26-24-20)18-4-2-16(14-22)3-5-18/h2-9,15H,10-13H2,1H3. The van der Waals surface area contributed by atoms with Crippen molar-refractivity contribution in [2.24, 2.45) is 5.92 Å². The largest absolute Gasteiger partial charge is 0.372 e. The number of hydrogen-bond donors (Lipinski definition) is 0. The zero-order chi connectivity index (χ0) is 17.9. The molecule has 3 aromatic rings. The van der Waals surface area contributed by atoms with Crippen molar-refractivity contribution in [3.8, 4) is 28.9 Å². The van der Waals surface area contributed by atoms with Crippen LogP contribution in [-0.2, 0) is 0 Å². The maximum atomic E-state index is 8.88. The van der Waals surface area contributed by atoms with Gasteiger partial charge in [-0.2, -0.15) is 10.2 Å². The molecule has 0 spiro atoms. The Labute approximate surface area is 152 Å². The number of rotatable bonds is 3. The molecule has 0 saturated carbocycles.